The number of nitro groups is 1. The lowest BCUT2D eigenvalue weighted by molar-refractivity contribution is -0.385. The summed E-state index contributed by atoms with van der Waals surface area (Å²) < 4.78 is 10.7. The zero-order valence-electron chi connectivity index (χ0n) is 12.3. The van der Waals surface area contributed by atoms with Crippen molar-refractivity contribution in [3.8, 4) is 5.75 Å². The van der Waals surface area contributed by atoms with Gasteiger partial charge < -0.3 is 9.15 Å². The first-order chi connectivity index (χ1) is 11.0. The standard InChI is InChI=1S/C17H13NO5/c1-11-7-17(19)23-15-9-16(14(18(20)21)8-13(11)15)22-10-12-5-3-2-4-6-12/h2-9H,10H2,1H3. The number of ether oxygens (including phenoxy) is 1. The second kappa shape index (κ2) is 5.92. The van der Waals surface area contributed by atoms with E-state index in [4.69, 9.17) is 9.15 Å². The van der Waals surface area contributed by atoms with Crippen LogP contribution >= 0.6 is 0 Å². The van der Waals surface area contributed by atoms with Crippen LogP contribution in [0.4, 0.5) is 5.69 Å². The molecule has 2 aromatic carbocycles. The molecule has 0 aliphatic heterocycles. The maximum absolute atomic E-state index is 11.5. The van der Waals surface area contributed by atoms with Crippen LogP contribution in [0.15, 0.2) is 57.7 Å². The molecule has 6 heteroatoms. The summed E-state index contributed by atoms with van der Waals surface area (Å²) in [7, 11) is 0. The van der Waals surface area contributed by atoms with Crippen molar-refractivity contribution in [1.82, 2.24) is 0 Å². The molecule has 0 fully saturated rings. The molecular weight excluding hydrogens is 298 g/mol. The highest BCUT2D eigenvalue weighted by Gasteiger charge is 2.19. The van der Waals surface area contributed by atoms with Crippen LogP contribution in [0.3, 0.4) is 0 Å². The molecule has 3 rings (SSSR count). The van der Waals surface area contributed by atoms with E-state index in [-0.39, 0.29) is 23.6 Å². The van der Waals surface area contributed by atoms with Crippen LogP contribution in [0.2, 0.25) is 0 Å². The monoisotopic (exact) mass is 311 g/mol. The fourth-order valence-corrected chi connectivity index (χ4v) is 2.33. The number of hydrogen-bond acceptors (Lipinski definition) is 5. The highest BCUT2D eigenvalue weighted by atomic mass is 16.6. The first-order valence-corrected chi connectivity index (χ1v) is 6.94. The van der Waals surface area contributed by atoms with Crippen molar-refractivity contribution >= 4 is 16.7 Å². The Hall–Kier alpha value is -3.15. The topological polar surface area (TPSA) is 82.6 Å². The normalized spacial score (nSPS) is 10.7. The van der Waals surface area contributed by atoms with Crippen molar-refractivity contribution in [3.05, 3.63) is 80.2 Å². The Morgan fingerprint density at radius 1 is 1.17 bits per heavy atom. The maximum atomic E-state index is 11.5. The van der Waals surface area contributed by atoms with E-state index in [1.165, 1.54) is 18.2 Å². The van der Waals surface area contributed by atoms with Gasteiger partial charge in [0, 0.05) is 23.6 Å². The number of rotatable bonds is 4. The van der Waals surface area contributed by atoms with Gasteiger partial charge in [-0.3, -0.25) is 10.1 Å². The van der Waals surface area contributed by atoms with Gasteiger partial charge in [-0.15, -0.1) is 0 Å². The molecule has 23 heavy (non-hydrogen) atoms. The molecule has 0 bridgehead atoms. The van der Waals surface area contributed by atoms with Crippen LogP contribution in [-0.2, 0) is 6.61 Å². The van der Waals surface area contributed by atoms with Gasteiger partial charge in [-0.05, 0) is 18.1 Å². The van der Waals surface area contributed by atoms with E-state index in [1.807, 2.05) is 30.3 Å². The van der Waals surface area contributed by atoms with Gasteiger partial charge in [0.2, 0.25) is 5.75 Å². The lowest BCUT2D eigenvalue weighted by Crippen LogP contribution is -2.02. The summed E-state index contributed by atoms with van der Waals surface area (Å²) in [6, 6.07) is 13.4. The van der Waals surface area contributed by atoms with E-state index in [0.29, 0.717) is 10.9 Å². The van der Waals surface area contributed by atoms with Gasteiger partial charge >= 0.3 is 11.3 Å². The third-order valence-electron chi connectivity index (χ3n) is 3.46. The number of nitro benzene ring substituents is 1. The molecule has 6 nitrogen and oxygen atoms in total. The van der Waals surface area contributed by atoms with E-state index < -0.39 is 10.5 Å². The Balaban J connectivity index is 2.05. The van der Waals surface area contributed by atoms with Gasteiger partial charge in [-0.25, -0.2) is 4.79 Å². The van der Waals surface area contributed by atoms with E-state index in [9.17, 15) is 14.9 Å². The Bertz CT molecular complexity index is 931. The largest absolute Gasteiger partial charge is 0.482 e. The van der Waals surface area contributed by atoms with Crippen LogP contribution in [0, 0.1) is 17.0 Å². The second-order valence-corrected chi connectivity index (χ2v) is 5.10. The van der Waals surface area contributed by atoms with Crippen molar-refractivity contribution in [2.75, 3.05) is 0 Å². The first-order valence-electron chi connectivity index (χ1n) is 6.94. The number of hydrogen-bond donors (Lipinski definition) is 0. The molecule has 0 saturated heterocycles. The van der Waals surface area contributed by atoms with Crippen molar-refractivity contribution in [3.63, 3.8) is 0 Å². The predicted octanol–water partition coefficient (Wildman–Crippen LogP) is 3.59. The molecule has 0 aliphatic carbocycles. The summed E-state index contributed by atoms with van der Waals surface area (Å²) in [4.78, 5) is 22.3. The third-order valence-corrected chi connectivity index (χ3v) is 3.46. The molecule has 0 unspecified atom stereocenters. The number of fused-ring (bicyclic) bond motifs is 1. The average molecular weight is 311 g/mol. The SMILES string of the molecule is Cc1cc(=O)oc2cc(OCc3ccccc3)c([N+](=O)[O-])cc12. The van der Waals surface area contributed by atoms with Gasteiger partial charge in [0.15, 0.2) is 0 Å². The van der Waals surface area contributed by atoms with Gasteiger partial charge in [0.05, 0.1) is 4.92 Å². The molecule has 0 spiro atoms. The van der Waals surface area contributed by atoms with E-state index >= 15 is 0 Å². The Kier molecular flexibility index (Phi) is 3.80. The molecule has 116 valence electrons. The maximum Gasteiger partial charge on any atom is 0.336 e. The fourth-order valence-electron chi connectivity index (χ4n) is 2.33. The minimum Gasteiger partial charge on any atom is -0.482 e. The minimum absolute atomic E-state index is 0.0695. The smallest absolute Gasteiger partial charge is 0.336 e. The van der Waals surface area contributed by atoms with Crippen molar-refractivity contribution in [1.29, 1.82) is 0 Å². The average Bonchev–Trinajstić information content (AvgIpc) is 2.52. The summed E-state index contributed by atoms with van der Waals surface area (Å²) in [5.41, 5.74) is 1.11. The molecular formula is C17H13NO5. The Morgan fingerprint density at radius 3 is 2.61 bits per heavy atom. The van der Waals surface area contributed by atoms with Gasteiger partial charge in [-0.2, -0.15) is 0 Å². The fraction of sp³-hybridized carbons (Fsp3) is 0.118. The summed E-state index contributed by atoms with van der Waals surface area (Å²) >= 11 is 0. The number of nitrogens with zero attached hydrogens (tertiary/aromatic N) is 1. The molecule has 0 saturated carbocycles. The summed E-state index contributed by atoms with van der Waals surface area (Å²) in [5.74, 6) is 0.0695. The van der Waals surface area contributed by atoms with Crippen molar-refractivity contribution in [2.24, 2.45) is 0 Å². The Morgan fingerprint density at radius 2 is 1.91 bits per heavy atom. The summed E-state index contributed by atoms with van der Waals surface area (Å²) in [5, 5.41) is 11.8. The van der Waals surface area contributed by atoms with Crippen LogP contribution in [0.5, 0.6) is 5.75 Å². The Labute approximate surface area is 131 Å². The third kappa shape index (κ3) is 3.06. The highest BCUT2D eigenvalue weighted by Crippen LogP contribution is 2.33. The minimum atomic E-state index is -0.510. The van der Waals surface area contributed by atoms with Crippen LogP contribution in [-0.4, -0.2) is 4.92 Å². The molecule has 0 aliphatic rings. The summed E-state index contributed by atoms with van der Waals surface area (Å²) in [6.45, 7) is 1.89. The van der Waals surface area contributed by atoms with Crippen molar-refractivity contribution < 1.29 is 14.1 Å². The van der Waals surface area contributed by atoms with Crippen LogP contribution in [0.1, 0.15) is 11.1 Å². The summed E-state index contributed by atoms with van der Waals surface area (Å²) in [6.07, 6.45) is 0. The lowest BCUT2D eigenvalue weighted by atomic mass is 10.1. The number of aryl methyl sites for hydroxylation is 1. The lowest BCUT2D eigenvalue weighted by Gasteiger charge is -2.08. The molecule has 0 amide bonds. The molecule has 1 heterocycles. The zero-order valence-corrected chi connectivity index (χ0v) is 12.3. The molecule has 0 N–H and O–H groups in total. The van der Waals surface area contributed by atoms with Crippen molar-refractivity contribution in [2.45, 2.75) is 13.5 Å². The van der Waals surface area contributed by atoms with E-state index in [0.717, 1.165) is 5.56 Å². The van der Waals surface area contributed by atoms with Gasteiger partial charge in [0.1, 0.15) is 12.2 Å². The van der Waals surface area contributed by atoms with Gasteiger partial charge in [0.25, 0.3) is 0 Å². The van der Waals surface area contributed by atoms with Gasteiger partial charge in [-0.1, -0.05) is 30.3 Å². The molecule has 0 radical (unpaired) electrons. The first kappa shape index (κ1) is 14.8. The molecule has 3 aromatic rings. The van der Waals surface area contributed by atoms with Crippen LogP contribution < -0.4 is 10.4 Å². The van der Waals surface area contributed by atoms with E-state index in [1.54, 1.807) is 6.92 Å². The molecule has 0 atom stereocenters. The van der Waals surface area contributed by atoms with E-state index in [2.05, 4.69) is 0 Å². The zero-order chi connectivity index (χ0) is 16.4. The number of benzene rings is 2. The van der Waals surface area contributed by atoms with Crippen LogP contribution in [0.25, 0.3) is 11.0 Å². The molecule has 1 aromatic heterocycles. The second-order valence-electron chi connectivity index (χ2n) is 5.10. The highest BCUT2D eigenvalue weighted by molar-refractivity contribution is 5.85. The predicted molar refractivity (Wildman–Crippen MR) is 84.6 cm³/mol. The quantitative estimate of drug-likeness (QED) is 0.418.